The Balaban J connectivity index is 3.24. The molecule has 0 aromatic carbocycles. The van der Waals surface area contributed by atoms with E-state index in [1.54, 1.807) is 0 Å². The van der Waals surface area contributed by atoms with Gasteiger partial charge in [-0.2, -0.15) is 0 Å². The van der Waals surface area contributed by atoms with Crippen molar-refractivity contribution in [2.75, 3.05) is 26.5 Å². The van der Waals surface area contributed by atoms with Crippen molar-refractivity contribution in [3.63, 3.8) is 0 Å². The molecule has 0 heterocycles. The number of carbonyl (C=O) groups is 2. The molecule has 0 aromatic rings. The van der Waals surface area contributed by atoms with E-state index < -0.39 is 5.97 Å². The maximum atomic E-state index is 11.1. The van der Waals surface area contributed by atoms with Gasteiger partial charge in [0.2, 0.25) is 5.91 Å². The van der Waals surface area contributed by atoms with Crippen LogP contribution in [0.25, 0.3) is 0 Å². The number of amides is 1. The average molecular weight is 262 g/mol. The molecule has 0 bridgehead atoms. The van der Waals surface area contributed by atoms with E-state index in [1.165, 1.54) is 6.92 Å². The Labute approximate surface area is 107 Å². The predicted molar refractivity (Wildman–Crippen MR) is 64.4 cm³/mol. The molecular formula is C11H22N2O5. The molecule has 0 rings (SSSR count). The molecule has 0 aromatic heterocycles. The Hall–Kier alpha value is -1.18. The fourth-order valence-corrected chi connectivity index (χ4v) is 0.918. The number of hydrogen-bond donors (Lipinski definition) is 2. The minimum atomic E-state index is -0.415. The Morgan fingerprint density at radius 2 is 1.94 bits per heavy atom. The van der Waals surface area contributed by atoms with Gasteiger partial charge in [-0.1, -0.05) is 0 Å². The molecule has 0 fully saturated rings. The molecular weight excluding hydrogens is 240 g/mol. The van der Waals surface area contributed by atoms with E-state index in [9.17, 15) is 9.59 Å². The molecule has 0 aliphatic heterocycles. The third-order valence-electron chi connectivity index (χ3n) is 1.73. The van der Waals surface area contributed by atoms with E-state index in [1.807, 2.05) is 13.8 Å². The van der Waals surface area contributed by atoms with Crippen molar-refractivity contribution in [3.05, 3.63) is 0 Å². The summed E-state index contributed by atoms with van der Waals surface area (Å²) in [4.78, 5) is 26.3. The van der Waals surface area contributed by atoms with Gasteiger partial charge in [0.25, 0.3) is 0 Å². The van der Waals surface area contributed by atoms with Crippen LogP contribution in [0.4, 0.5) is 0 Å². The van der Waals surface area contributed by atoms with Gasteiger partial charge >= 0.3 is 5.97 Å². The van der Waals surface area contributed by atoms with E-state index in [4.69, 9.17) is 9.47 Å². The zero-order valence-corrected chi connectivity index (χ0v) is 11.2. The van der Waals surface area contributed by atoms with Crippen molar-refractivity contribution in [1.82, 2.24) is 10.8 Å². The maximum Gasteiger partial charge on any atom is 0.327 e. The topological polar surface area (TPSA) is 85.9 Å². The lowest BCUT2D eigenvalue weighted by Crippen LogP contribution is -2.26. The summed E-state index contributed by atoms with van der Waals surface area (Å²) in [6, 6.07) is 0. The van der Waals surface area contributed by atoms with Crippen LogP contribution < -0.4 is 10.8 Å². The number of ether oxygens (including phenoxy) is 2. The van der Waals surface area contributed by atoms with E-state index in [0.29, 0.717) is 13.2 Å². The number of carbonyl (C=O) groups excluding carboxylic acids is 2. The van der Waals surface area contributed by atoms with Crippen LogP contribution in [0.3, 0.4) is 0 Å². The van der Waals surface area contributed by atoms with Gasteiger partial charge in [0.15, 0.2) is 0 Å². The fourth-order valence-electron chi connectivity index (χ4n) is 0.918. The summed E-state index contributed by atoms with van der Waals surface area (Å²) in [7, 11) is 0. The highest BCUT2D eigenvalue weighted by Gasteiger charge is 2.03. The van der Waals surface area contributed by atoms with Gasteiger partial charge in [-0.25, -0.2) is 0 Å². The Morgan fingerprint density at radius 3 is 2.56 bits per heavy atom. The second-order valence-electron chi connectivity index (χ2n) is 3.82. The van der Waals surface area contributed by atoms with Crippen LogP contribution in [0.5, 0.6) is 0 Å². The highest BCUT2D eigenvalue weighted by Crippen LogP contribution is 1.88. The first kappa shape index (κ1) is 16.8. The lowest BCUT2D eigenvalue weighted by atomic mass is 10.5. The lowest BCUT2D eigenvalue weighted by molar-refractivity contribution is -0.157. The summed E-state index contributed by atoms with van der Waals surface area (Å²) >= 11 is 0. The molecule has 0 aliphatic carbocycles. The molecule has 106 valence electrons. The van der Waals surface area contributed by atoms with Crippen molar-refractivity contribution < 1.29 is 23.9 Å². The Morgan fingerprint density at radius 1 is 1.22 bits per heavy atom. The van der Waals surface area contributed by atoms with Crippen molar-refractivity contribution in [1.29, 1.82) is 0 Å². The summed E-state index contributed by atoms with van der Waals surface area (Å²) in [5, 5.41) is 2.58. The summed E-state index contributed by atoms with van der Waals surface area (Å²) in [6.07, 6.45) is 0.225. The first-order chi connectivity index (χ1) is 8.52. The standard InChI is InChI=1S/C11H22N2O5/c1-9(2)17-8-13-18-11(15)4-6-16-7-5-12-10(3)14/h9,13H,4-8H2,1-3H3,(H,12,14). The van der Waals surface area contributed by atoms with E-state index >= 15 is 0 Å². The van der Waals surface area contributed by atoms with Crippen molar-refractivity contribution in [2.45, 2.75) is 33.3 Å². The first-order valence-corrected chi connectivity index (χ1v) is 5.88. The second-order valence-corrected chi connectivity index (χ2v) is 3.82. The number of hydrogen-bond acceptors (Lipinski definition) is 6. The van der Waals surface area contributed by atoms with Crippen LogP contribution >= 0.6 is 0 Å². The van der Waals surface area contributed by atoms with Gasteiger partial charge in [-0.3, -0.25) is 9.59 Å². The van der Waals surface area contributed by atoms with Crippen molar-refractivity contribution >= 4 is 11.9 Å². The van der Waals surface area contributed by atoms with Crippen LogP contribution in [0.2, 0.25) is 0 Å². The summed E-state index contributed by atoms with van der Waals surface area (Å²) in [5.41, 5.74) is 2.40. The minimum absolute atomic E-state index is 0.0771. The number of rotatable bonds is 10. The molecule has 1 amide bonds. The van der Waals surface area contributed by atoms with Gasteiger partial charge in [-0.05, 0) is 13.8 Å². The van der Waals surface area contributed by atoms with E-state index in [2.05, 4.69) is 15.6 Å². The molecule has 18 heavy (non-hydrogen) atoms. The van der Waals surface area contributed by atoms with Crippen LogP contribution in [0, 0.1) is 0 Å². The van der Waals surface area contributed by atoms with Crippen molar-refractivity contribution in [2.24, 2.45) is 0 Å². The largest absolute Gasteiger partial charge is 0.379 e. The van der Waals surface area contributed by atoms with Gasteiger partial charge in [0.05, 0.1) is 25.7 Å². The lowest BCUT2D eigenvalue weighted by Gasteiger charge is -2.09. The molecule has 0 aliphatic rings. The van der Waals surface area contributed by atoms with Crippen LogP contribution in [-0.2, 0) is 23.9 Å². The van der Waals surface area contributed by atoms with Crippen LogP contribution in [0.1, 0.15) is 27.2 Å². The Kier molecular flexibility index (Phi) is 10.2. The summed E-state index contributed by atoms with van der Waals surface area (Å²) < 4.78 is 10.2. The van der Waals surface area contributed by atoms with Gasteiger partial charge < -0.3 is 19.6 Å². The van der Waals surface area contributed by atoms with E-state index in [0.717, 1.165) is 0 Å². The molecule has 0 unspecified atom stereocenters. The normalized spacial score (nSPS) is 10.4. The quantitative estimate of drug-likeness (QED) is 0.326. The van der Waals surface area contributed by atoms with Gasteiger partial charge in [-0.15, -0.1) is 5.48 Å². The van der Waals surface area contributed by atoms with Crippen LogP contribution in [-0.4, -0.2) is 44.5 Å². The molecule has 0 saturated heterocycles. The van der Waals surface area contributed by atoms with Gasteiger partial charge in [0.1, 0.15) is 6.73 Å². The first-order valence-electron chi connectivity index (χ1n) is 5.88. The second kappa shape index (κ2) is 10.9. The molecule has 0 saturated carbocycles. The number of hydroxylamine groups is 1. The third-order valence-corrected chi connectivity index (χ3v) is 1.73. The van der Waals surface area contributed by atoms with Crippen molar-refractivity contribution in [3.8, 4) is 0 Å². The summed E-state index contributed by atoms with van der Waals surface area (Å²) in [6.45, 7) is 6.42. The minimum Gasteiger partial charge on any atom is -0.379 e. The fraction of sp³-hybridized carbons (Fsp3) is 0.818. The summed E-state index contributed by atoms with van der Waals surface area (Å²) in [5.74, 6) is -0.519. The van der Waals surface area contributed by atoms with Gasteiger partial charge in [0, 0.05) is 13.5 Å². The molecule has 0 atom stereocenters. The van der Waals surface area contributed by atoms with Crippen LogP contribution in [0.15, 0.2) is 0 Å². The Bertz CT molecular complexity index is 246. The number of nitrogens with one attached hydrogen (secondary N) is 2. The maximum absolute atomic E-state index is 11.1. The molecule has 2 N–H and O–H groups in total. The average Bonchev–Trinajstić information content (AvgIpc) is 2.28. The zero-order valence-electron chi connectivity index (χ0n) is 11.2. The molecule has 0 radical (unpaired) electrons. The predicted octanol–water partition coefficient (Wildman–Crippen LogP) is -0.0405. The monoisotopic (exact) mass is 262 g/mol. The molecule has 7 nitrogen and oxygen atoms in total. The highest BCUT2D eigenvalue weighted by atomic mass is 16.7. The smallest absolute Gasteiger partial charge is 0.327 e. The molecule has 0 spiro atoms. The highest BCUT2D eigenvalue weighted by molar-refractivity contribution is 5.72. The van der Waals surface area contributed by atoms with E-state index in [-0.39, 0.29) is 31.8 Å². The third kappa shape index (κ3) is 12.9. The SMILES string of the molecule is CC(=O)NCCOCCC(=O)ONCOC(C)C. The zero-order chi connectivity index (χ0) is 13.8. The molecule has 7 heteroatoms.